The third-order valence-corrected chi connectivity index (χ3v) is 5.87. The third-order valence-electron chi connectivity index (χ3n) is 4.76. The van der Waals surface area contributed by atoms with Gasteiger partial charge in [0, 0.05) is 18.7 Å². The molecule has 1 aromatic carbocycles. The molecule has 0 saturated carbocycles. The number of nitrogens with zero attached hydrogens (tertiary/aromatic N) is 3. The summed E-state index contributed by atoms with van der Waals surface area (Å²) in [5, 5.41) is 11.1. The molecular formula is C20H23N5O2S. The number of rotatable bonds is 5. The summed E-state index contributed by atoms with van der Waals surface area (Å²) in [5.74, 6) is 1.00. The van der Waals surface area contributed by atoms with Gasteiger partial charge in [-0.3, -0.25) is 5.10 Å². The summed E-state index contributed by atoms with van der Waals surface area (Å²) in [7, 11) is 1.35. The number of hydrogen-bond donors (Lipinski definition) is 2. The number of piperidine rings is 1. The number of carbonyl (C=O) groups excluding carboxylic acids is 1. The van der Waals surface area contributed by atoms with Crippen molar-refractivity contribution in [3.8, 4) is 21.1 Å². The van der Waals surface area contributed by atoms with Crippen molar-refractivity contribution in [1.29, 1.82) is 0 Å². The van der Waals surface area contributed by atoms with E-state index in [9.17, 15) is 4.79 Å². The molecule has 1 saturated heterocycles. The van der Waals surface area contributed by atoms with Crippen molar-refractivity contribution in [3.63, 3.8) is 0 Å². The summed E-state index contributed by atoms with van der Waals surface area (Å²) in [6, 6.07) is 12.2. The van der Waals surface area contributed by atoms with Crippen LogP contribution in [0.15, 0.2) is 36.4 Å². The van der Waals surface area contributed by atoms with Crippen LogP contribution >= 0.6 is 11.3 Å². The van der Waals surface area contributed by atoms with E-state index in [0.717, 1.165) is 45.7 Å². The highest BCUT2D eigenvalue weighted by Gasteiger charge is 2.23. The number of H-pyrrole nitrogens is 1. The number of anilines is 1. The predicted molar refractivity (Wildman–Crippen MR) is 110 cm³/mol. The first kappa shape index (κ1) is 18.5. The molecule has 7 nitrogen and oxygen atoms in total. The molecule has 0 aliphatic carbocycles. The quantitative estimate of drug-likeness (QED) is 0.679. The van der Waals surface area contributed by atoms with Gasteiger partial charge in [0.2, 0.25) is 0 Å². The summed E-state index contributed by atoms with van der Waals surface area (Å²) in [6.07, 6.45) is 3.18. The first-order valence-electron chi connectivity index (χ1n) is 9.42. The Labute approximate surface area is 167 Å². The average Bonchev–Trinajstić information content (AvgIpc) is 3.40. The lowest BCUT2D eigenvalue weighted by Crippen LogP contribution is -2.30. The molecule has 3 aromatic rings. The maximum absolute atomic E-state index is 11.3. The third kappa shape index (κ3) is 4.01. The summed E-state index contributed by atoms with van der Waals surface area (Å²) in [6.45, 7) is 2.38. The number of alkyl carbamates (subject to hydrolysis) is 1. The second-order valence-electron chi connectivity index (χ2n) is 6.71. The van der Waals surface area contributed by atoms with Gasteiger partial charge in [-0.05, 0) is 25.3 Å². The molecule has 0 unspecified atom stereocenters. The highest BCUT2D eigenvalue weighted by Crippen LogP contribution is 2.40. The van der Waals surface area contributed by atoms with E-state index in [1.54, 1.807) is 11.3 Å². The van der Waals surface area contributed by atoms with E-state index in [1.807, 2.05) is 24.3 Å². The molecule has 0 atom stereocenters. The number of carbonyl (C=O) groups is 1. The van der Waals surface area contributed by atoms with Crippen molar-refractivity contribution >= 4 is 23.2 Å². The zero-order valence-electron chi connectivity index (χ0n) is 15.8. The average molecular weight is 398 g/mol. The van der Waals surface area contributed by atoms with Gasteiger partial charge in [0.1, 0.15) is 16.5 Å². The molecule has 4 rings (SSSR count). The van der Waals surface area contributed by atoms with Crippen LogP contribution in [0, 0.1) is 0 Å². The molecule has 146 valence electrons. The molecule has 0 bridgehead atoms. The topological polar surface area (TPSA) is 83.1 Å². The van der Waals surface area contributed by atoms with Crippen LogP contribution in [-0.4, -0.2) is 41.5 Å². The number of aromatic amines is 1. The Balaban J connectivity index is 1.66. The Morgan fingerprint density at radius 3 is 2.79 bits per heavy atom. The van der Waals surface area contributed by atoms with Crippen molar-refractivity contribution < 1.29 is 9.53 Å². The van der Waals surface area contributed by atoms with E-state index in [4.69, 9.17) is 4.98 Å². The molecular weight excluding hydrogens is 374 g/mol. The molecule has 3 heterocycles. The predicted octanol–water partition coefficient (Wildman–Crippen LogP) is 4.05. The largest absolute Gasteiger partial charge is 0.453 e. The maximum atomic E-state index is 11.3. The first-order chi connectivity index (χ1) is 13.7. The number of thiazole rings is 1. The van der Waals surface area contributed by atoms with Crippen LogP contribution in [0.4, 0.5) is 10.6 Å². The minimum absolute atomic E-state index is 0.336. The van der Waals surface area contributed by atoms with E-state index in [-0.39, 0.29) is 0 Å². The lowest BCUT2D eigenvalue weighted by molar-refractivity contribution is 0.170. The summed E-state index contributed by atoms with van der Waals surface area (Å²) in [5.41, 5.74) is 2.78. The monoisotopic (exact) mass is 397 g/mol. The molecule has 0 radical (unpaired) electrons. The second kappa shape index (κ2) is 8.43. The van der Waals surface area contributed by atoms with Gasteiger partial charge in [0.15, 0.2) is 0 Å². The molecule has 8 heteroatoms. The van der Waals surface area contributed by atoms with Gasteiger partial charge in [0.05, 0.1) is 24.2 Å². The smallest absolute Gasteiger partial charge is 0.407 e. The Hall–Kier alpha value is -2.87. The SMILES string of the molecule is COC(=O)NCc1cc(-c2sc(-c3ccccc3)nc2N2CCCCC2)n[nH]1. The van der Waals surface area contributed by atoms with Crippen LogP contribution in [-0.2, 0) is 11.3 Å². The van der Waals surface area contributed by atoms with E-state index >= 15 is 0 Å². The Morgan fingerprint density at radius 2 is 2.04 bits per heavy atom. The highest BCUT2D eigenvalue weighted by atomic mass is 32.1. The summed E-state index contributed by atoms with van der Waals surface area (Å²) < 4.78 is 4.62. The molecule has 28 heavy (non-hydrogen) atoms. The first-order valence-corrected chi connectivity index (χ1v) is 10.2. The van der Waals surface area contributed by atoms with Gasteiger partial charge >= 0.3 is 6.09 Å². The van der Waals surface area contributed by atoms with Gasteiger partial charge in [-0.25, -0.2) is 9.78 Å². The Kier molecular flexibility index (Phi) is 5.57. The van der Waals surface area contributed by atoms with Gasteiger partial charge in [-0.2, -0.15) is 5.10 Å². The van der Waals surface area contributed by atoms with Crippen LogP contribution in [0.2, 0.25) is 0 Å². The minimum Gasteiger partial charge on any atom is -0.453 e. The van der Waals surface area contributed by atoms with E-state index in [0.29, 0.717) is 6.54 Å². The Morgan fingerprint density at radius 1 is 1.25 bits per heavy atom. The number of nitrogens with one attached hydrogen (secondary N) is 2. The van der Waals surface area contributed by atoms with Crippen LogP contribution in [0.5, 0.6) is 0 Å². The minimum atomic E-state index is -0.464. The van der Waals surface area contributed by atoms with Gasteiger partial charge in [0.25, 0.3) is 0 Å². The van der Waals surface area contributed by atoms with Crippen molar-refractivity contribution in [2.45, 2.75) is 25.8 Å². The fourth-order valence-electron chi connectivity index (χ4n) is 3.31. The molecule has 2 aromatic heterocycles. The molecule has 2 N–H and O–H groups in total. The van der Waals surface area contributed by atoms with Crippen LogP contribution < -0.4 is 10.2 Å². The van der Waals surface area contributed by atoms with Gasteiger partial charge < -0.3 is 15.0 Å². The number of benzene rings is 1. The maximum Gasteiger partial charge on any atom is 0.407 e. The zero-order valence-corrected chi connectivity index (χ0v) is 16.6. The molecule has 1 aliphatic heterocycles. The fraction of sp³-hybridized carbons (Fsp3) is 0.350. The van der Waals surface area contributed by atoms with Crippen molar-refractivity contribution in [3.05, 3.63) is 42.1 Å². The molecule has 1 amide bonds. The van der Waals surface area contributed by atoms with Crippen LogP contribution in [0.1, 0.15) is 25.0 Å². The van der Waals surface area contributed by atoms with E-state index in [1.165, 1.54) is 26.4 Å². The number of hydrogen-bond acceptors (Lipinski definition) is 6. The number of ether oxygens (including phenoxy) is 1. The van der Waals surface area contributed by atoms with Gasteiger partial charge in [-0.1, -0.05) is 30.3 Å². The van der Waals surface area contributed by atoms with Crippen molar-refractivity contribution in [1.82, 2.24) is 20.5 Å². The summed E-state index contributed by atoms with van der Waals surface area (Å²) in [4.78, 5) is 19.7. The van der Waals surface area contributed by atoms with Crippen molar-refractivity contribution in [2.75, 3.05) is 25.1 Å². The molecule has 1 fully saturated rings. The summed E-state index contributed by atoms with van der Waals surface area (Å²) >= 11 is 1.65. The van der Waals surface area contributed by atoms with Crippen molar-refractivity contribution in [2.24, 2.45) is 0 Å². The molecule has 1 aliphatic rings. The van der Waals surface area contributed by atoms with Crippen LogP contribution in [0.25, 0.3) is 21.1 Å². The standard InChI is InChI=1S/C20H23N5O2S/c1-27-20(26)21-13-15-12-16(24-23-15)17-18(25-10-6-3-7-11-25)22-19(28-17)14-8-4-2-5-9-14/h2,4-5,8-9,12H,3,6-7,10-11,13H2,1H3,(H,21,26)(H,23,24). The Bertz CT molecular complexity index is 931. The number of aromatic nitrogens is 3. The van der Waals surface area contributed by atoms with E-state index < -0.39 is 6.09 Å². The van der Waals surface area contributed by atoms with E-state index in [2.05, 4.69) is 37.3 Å². The second-order valence-corrected chi connectivity index (χ2v) is 7.71. The van der Waals surface area contributed by atoms with Crippen LogP contribution in [0.3, 0.4) is 0 Å². The normalized spacial score (nSPS) is 14.1. The lowest BCUT2D eigenvalue weighted by Gasteiger charge is -2.27. The number of amides is 1. The number of methoxy groups -OCH3 is 1. The zero-order chi connectivity index (χ0) is 19.3. The molecule has 0 spiro atoms. The van der Waals surface area contributed by atoms with Gasteiger partial charge in [-0.15, -0.1) is 11.3 Å². The fourth-order valence-corrected chi connectivity index (χ4v) is 4.37. The lowest BCUT2D eigenvalue weighted by atomic mass is 10.1. The highest BCUT2D eigenvalue weighted by molar-refractivity contribution is 7.19.